The molecule has 0 fully saturated rings. The summed E-state index contributed by atoms with van der Waals surface area (Å²) >= 11 is 0. The monoisotopic (exact) mass is 257 g/mol. The molecule has 6 nitrogen and oxygen atoms in total. The first kappa shape index (κ1) is 13.0. The van der Waals surface area contributed by atoms with E-state index in [0.717, 1.165) is 16.8 Å². The van der Waals surface area contributed by atoms with Gasteiger partial charge >= 0.3 is 0 Å². The number of hydrazine groups is 1. The van der Waals surface area contributed by atoms with E-state index in [1.165, 1.54) is 12.4 Å². The minimum absolute atomic E-state index is 0.205. The molecule has 1 heterocycles. The van der Waals surface area contributed by atoms with E-state index in [4.69, 9.17) is 5.84 Å². The zero-order valence-electron chi connectivity index (χ0n) is 10.8. The van der Waals surface area contributed by atoms with Gasteiger partial charge in [-0.2, -0.15) is 0 Å². The topological polar surface area (TPSA) is 92.9 Å². The summed E-state index contributed by atoms with van der Waals surface area (Å²) in [5.74, 6) is 5.25. The van der Waals surface area contributed by atoms with E-state index in [1.807, 2.05) is 32.0 Å². The summed E-state index contributed by atoms with van der Waals surface area (Å²) < 4.78 is 0. The fraction of sp³-hybridized carbons (Fsp3) is 0.154. The zero-order chi connectivity index (χ0) is 13.8. The number of hydrogen-bond donors (Lipinski definition) is 3. The molecule has 4 N–H and O–H groups in total. The van der Waals surface area contributed by atoms with Crippen LogP contribution < -0.4 is 16.6 Å². The number of aromatic nitrogens is 2. The van der Waals surface area contributed by atoms with Crippen LogP contribution in [-0.4, -0.2) is 15.9 Å². The maximum Gasteiger partial charge on any atom is 0.275 e. The molecule has 0 radical (unpaired) electrons. The van der Waals surface area contributed by atoms with Crippen LogP contribution in [0.25, 0.3) is 0 Å². The molecule has 0 saturated heterocycles. The van der Waals surface area contributed by atoms with Crippen LogP contribution in [0.3, 0.4) is 0 Å². The number of anilines is 2. The van der Waals surface area contributed by atoms with Crippen LogP contribution in [-0.2, 0) is 0 Å². The Hall–Kier alpha value is -2.47. The number of benzene rings is 1. The summed E-state index contributed by atoms with van der Waals surface area (Å²) in [6.07, 6.45) is 2.83. The third-order valence-corrected chi connectivity index (χ3v) is 2.87. The summed E-state index contributed by atoms with van der Waals surface area (Å²) in [4.78, 5) is 20.0. The summed E-state index contributed by atoms with van der Waals surface area (Å²) in [6, 6.07) is 5.73. The predicted molar refractivity (Wildman–Crippen MR) is 73.7 cm³/mol. The number of amides is 1. The van der Waals surface area contributed by atoms with E-state index in [-0.39, 0.29) is 11.6 Å². The van der Waals surface area contributed by atoms with Crippen LogP contribution in [0.15, 0.2) is 30.6 Å². The van der Waals surface area contributed by atoms with Gasteiger partial charge in [0.15, 0.2) is 5.82 Å². The molecule has 1 amide bonds. The van der Waals surface area contributed by atoms with Gasteiger partial charge in [0.25, 0.3) is 5.91 Å². The smallest absolute Gasteiger partial charge is 0.275 e. The molecular formula is C13H15N5O. The van der Waals surface area contributed by atoms with Gasteiger partial charge in [0.05, 0.1) is 12.4 Å². The predicted octanol–water partition coefficient (Wildman–Crippen LogP) is 1.63. The van der Waals surface area contributed by atoms with Crippen molar-refractivity contribution in [2.24, 2.45) is 5.84 Å². The lowest BCUT2D eigenvalue weighted by atomic mass is 10.1. The Morgan fingerprint density at radius 3 is 2.79 bits per heavy atom. The highest BCUT2D eigenvalue weighted by Gasteiger charge is 2.10. The largest absolute Gasteiger partial charge is 0.320 e. The number of rotatable bonds is 3. The molecule has 1 aromatic heterocycles. The second-order valence-corrected chi connectivity index (χ2v) is 4.14. The van der Waals surface area contributed by atoms with Crippen LogP contribution in [0, 0.1) is 13.8 Å². The van der Waals surface area contributed by atoms with Crippen molar-refractivity contribution in [3.05, 3.63) is 47.4 Å². The highest BCUT2D eigenvalue weighted by molar-refractivity contribution is 6.03. The molecule has 2 rings (SSSR count). The van der Waals surface area contributed by atoms with Gasteiger partial charge in [-0.1, -0.05) is 12.1 Å². The number of carbonyl (C=O) groups excluding carboxylic acids is 1. The minimum Gasteiger partial charge on any atom is -0.320 e. The Morgan fingerprint density at radius 1 is 1.26 bits per heavy atom. The number of nitrogens with two attached hydrogens (primary N) is 1. The van der Waals surface area contributed by atoms with E-state index in [1.54, 1.807) is 0 Å². The number of nitrogens with one attached hydrogen (secondary N) is 2. The summed E-state index contributed by atoms with van der Waals surface area (Å²) in [7, 11) is 0. The summed E-state index contributed by atoms with van der Waals surface area (Å²) in [5, 5.41) is 2.81. The zero-order valence-corrected chi connectivity index (χ0v) is 10.8. The van der Waals surface area contributed by atoms with Crippen molar-refractivity contribution < 1.29 is 4.79 Å². The average Bonchev–Trinajstić information content (AvgIpc) is 2.44. The highest BCUT2D eigenvalue weighted by Crippen LogP contribution is 2.18. The van der Waals surface area contributed by atoms with Crippen molar-refractivity contribution in [2.75, 3.05) is 10.7 Å². The lowest BCUT2D eigenvalue weighted by Gasteiger charge is -2.10. The fourth-order valence-electron chi connectivity index (χ4n) is 1.62. The van der Waals surface area contributed by atoms with Gasteiger partial charge in [0.1, 0.15) is 5.69 Å². The SMILES string of the molecule is Cc1cccc(NC(=O)c2cncc(NN)n2)c1C. The fourth-order valence-corrected chi connectivity index (χ4v) is 1.62. The second-order valence-electron chi connectivity index (χ2n) is 4.14. The Morgan fingerprint density at radius 2 is 2.05 bits per heavy atom. The van der Waals surface area contributed by atoms with E-state index < -0.39 is 0 Å². The van der Waals surface area contributed by atoms with Crippen molar-refractivity contribution in [2.45, 2.75) is 13.8 Å². The lowest BCUT2D eigenvalue weighted by molar-refractivity contribution is 0.102. The standard InChI is InChI=1S/C13H15N5O/c1-8-4-3-5-10(9(8)2)17-13(19)11-6-15-7-12(16-11)18-14/h3-7H,14H2,1-2H3,(H,16,18)(H,17,19). The van der Waals surface area contributed by atoms with Gasteiger partial charge in [0.2, 0.25) is 0 Å². The maximum atomic E-state index is 12.1. The number of nitrogens with zero attached hydrogens (tertiary/aromatic N) is 2. The van der Waals surface area contributed by atoms with E-state index in [2.05, 4.69) is 20.7 Å². The van der Waals surface area contributed by atoms with Crippen molar-refractivity contribution >= 4 is 17.4 Å². The lowest BCUT2D eigenvalue weighted by Crippen LogP contribution is -2.17. The van der Waals surface area contributed by atoms with Crippen molar-refractivity contribution in [1.29, 1.82) is 0 Å². The summed E-state index contributed by atoms with van der Waals surface area (Å²) in [6.45, 7) is 3.94. The maximum absolute atomic E-state index is 12.1. The molecule has 0 aliphatic carbocycles. The Balaban J connectivity index is 2.23. The number of carbonyl (C=O) groups is 1. The quantitative estimate of drug-likeness (QED) is 0.574. The molecular weight excluding hydrogens is 242 g/mol. The molecule has 0 aliphatic heterocycles. The molecule has 19 heavy (non-hydrogen) atoms. The Kier molecular flexibility index (Phi) is 3.72. The number of aryl methyl sites for hydroxylation is 1. The Labute approximate surface area is 111 Å². The number of nitrogen functional groups attached to an aromatic ring is 1. The molecule has 98 valence electrons. The van der Waals surface area contributed by atoms with Crippen LogP contribution in [0.4, 0.5) is 11.5 Å². The molecule has 6 heteroatoms. The van der Waals surface area contributed by atoms with Gasteiger partial charge in [-0.3, -0.25) is 9.78 Å². The van der Waals surface area contributed by atoms with Gasteiger partial charge in [-0.15, -0.1) is 0 Å². The molecule has 2 aromatic rings. The summed E-state index contributed by atoms with van der Waals surface area (Å²) in [5.41, 5.74) is 5.46. The van der Waals surface area contributed by atoms with Crippen LogP contribution in [0.2, 0.25) is 0 Å². The van der Waals surface area contributed by atoms with E-state index >= 15 is 0 Å². The molecule has 0 atom stereocenters. The van der Waals surface area contributed by atoms with Crippen molar-refractivity contribution in [3.63, 3.8) is 0 Å². The Bertz CT molecular complexity index is 612. The number of hydrogen-bond acceptors (Lipinski definition) is 5. The van der Waals surface area contributed by atoms with Crippen LogP contribution in [0.5, 0.6) is 0 Å². The minimum atomic E-state index is -0.321. The van der Waals surface area contributed by atoms with Crippen LogP contribution >= 0.6 is 0 Å². The third kappa shape index (κ3) is 2.86. The van der Waals surface area contributed by atoms with Gasteiger partial charge < -0.3 is 10.7 Å². The molecule has 0 spiro atoms. The average molecular weight is 257 g/mol. The highest BCUT2D eigenvalue weighted by atomic mass is 16.1. The molecule has 0 unspecified atom stereocenters. The van der Waals surface area contributed by atoms with Gasteiger partial charge in [0, 0.05) is 5.69 Å². The normalized spacial score (nSPS) is 10.1. The van der Waals surface area contributed by atoms with Gasteiger partial charge in [-0.25, -0.2) is 10.8 Å². The first-order chi connectivity index (χ1) is 9.11. The van der Waals surface area contributed by atoms with E-state index in [0.29, 0.717) is 5.82 Å². The second kappa shape index (κ2) is 5.45. The molecule has 0 bridgehead atoms. The first-order valence-corrected chi connectivity index (χ1v) is 5.78. The first-order valence-electron chi connectivity index (χ1n) is 5.78. The van der Waals surface area contributed by atoms with Crippen molar-refractivity contribution in [1.82, 2.24) is 9.97 Å². The van der Waals surface area contributed by atoms with E-state index in [9.17, 15) is 4.79 Å². The molecule has 0 aliphatic rings. The molecule has 1 aromatic carbocycles. The van der Waals surface area contributed by atoms with Gasteiger partial charge in [-0.05, 0) is 31.0 Å². The molecule has 0 saturated carbocycles. The third-order valence-electron chi connectivity index (χ3n) is 2.87. The van der Waals surface area contributed by atoms with Crippen LogP contribution in [0.1, 0.15) is 21.6 Å². The van der Waals surface area contributed by atoms with Crippen molar-refractivity contribution in [3.8, 4) is 0 Å².